The minimum atomic E-state index is -0.690. The normalized spacial score (nSPS) is 12.7. The van der Waals surface area contributed by atoms with Crippen LogP contribution in [0.3, 0.4) is 0 Å². The third kappa shape index (κ3) is 1.94. The van der Waals surface area contributed by atoms with Crippen molar-refractivity contribution in [1.29, 1.82) is 0 Å². The number of nitrogens with zero attached hydrogens (tertiary/aromatic N) is 2. The molecule has 18 heavy (non-hydrogen) atoms. The van der Waals surface area contributed by atoms with E-state index in [2.05, 4.69) is 9.97 Å². The van der Waals surface area contributed by atoms with E-state index in [1.54, 1.807) is 12.4 Å². The van der Waals surface area contributed by atoms with Gasteiger partial charge in [0.05, 0.1) is 10.4 Å². The molecule has 0 aliphatic carbocycles. The maximum absolute atomic E-state index is 10.3. The third-order valence-electron chi connectivity index (χ3n) is 2.75. The Balaban J connectivity index is 2.03. The lowest BCUT2D eigenvalue weighted by molar-refractivity contribution is 0.224. The monoisotopic (exact) mass is 257 g/mol. The first-order valence-electron chi connectivity index (χ1n) is 5.48. The fourth-order valence-corrected chi connectivity index (χ4v) is 2.56. The van der Waals surface area contributed by atoms with Gasteiger partial charge < -0.3 is 10.8 Å². The molecule has 90 valence electrons. The molecule has 0 fully saturated rings. The van der Waals surface area contributed by atoms with Gasteiger partial charge in [0.2, 0.25) is 0 Å². The molecular formula is C13H11N3OS. The molecule has 0 radical (unpaired) electrons. The minimum Gasteiger partial charge on any atom is -0.383 e. The van der Waals surface area contributed by atoms with E-state index in [1.165, 1.54) is 11.3 Å². The number of pyridine rings is 1. The molecule has 3 N–H and O–H groups in total. The van der Waals surface area contributed by atoms with Gasteiger partial charge in [0.25, 0.3) is 0 Å². The van der Waals surface area contributed by atoms with Gasteiger partial charge >= 0.3 is 0 Å². The second-order valence-electron chi connectivity index (χ2n) is 3.96. The van der Waals surface area contributed by atoms with Crippen molar-refractivity contribution in [1.82, 2.24) is 9.97 Å². The molecule has 0 saturated heterocycles. The van der Waals surface area contributed by atoms with Crippen LogP contribution in [-0.4, -0.2) is 15.1 Å². The molecule has 0 saturated carbocycles. The Morgan fingerprint density at radius 2 is 2.11 bits per heavy atom. The lowest BCUT2D eigenvalue weighted by Crippen LogP contribution is -1.97. The van der Waals surface area contributed by atoms with E-state index < -0.39 is 6.10 Å². The van der Waals surface area contributed by atoms with Crippen molar-refractivity contribution in [3.8, 4) is 0 Å². The predicted molar refractivity (Wildman–Crippen MR) is 72.3 cm³/mol. The molecule has 0 aliphatic rings. The molecule has 0 aliphatic heterocycles. The third-order valence-corrected chi connectivity index (χ3v) is 3.63. The molecule has 3 rings (SSSR count). The molecule has 1 atom stereocenters. The largest absolute Gasteiger partial charge is 0.383 e. The molecule has 0 amide bonds. The number of aliphatic hydroxyl groups is 1. The van der Waals surface area contributed by atoms with Gasteiger partial charge in [0, 0.05) is 17.8 Å². The Morgan fingerprint density at radius 3 is 2.89 bits per heavy atom. The van der Waals surface area contributed by atoms with Crippen LogP contribution in [0.1, 0.15) is 16.5 Å². The van der Waals surface area contributed by atoms with Crippen molar-refractivity contribution in [2.24, 2.45) is 0 Å². The molecule has 4 nitrogen and oxygen atoms in total. The SMILES string of the molecule is Nc1ncc(C(O)c2ccc3ncccc3c2)s1. The van der Waals surface area contributed by atoms with E-state index >= 15 is 0 Å². The number of fused-ring (bicyclic) bond motifs is 1. The predicted octanol–water partition coefficient (Wildman–Crippen LogP) is 2.36. The number of anilines is 1. The highest BCUT2D eigenvalue weighted by Gasteiger charge is 2.13. The van der Waals surface area contributed by atoms with Crippen LogP contribution in [0.25, 0.3) is 10.9 Å². The molecular weight excluding hydrogens is 246 g/mol. The summed E-state index contributed by atoms with van der Waals surface area (Å²) < 4.78 is 0. The maximum atomic E-state index is 10.3. The highest BCUT2D eigenvalue weighted by molar-refractivity contribution is 7.15. The average Bonchev–Trinajstić information content (AvgIpc) is 2.84. The Hall–Kier alpha value is -1.98. The molecule has 0 bridgehead atoms. The van der Waals surface area contributed by atoms with Gasteiger partial charge in [0.15, 0.2) is 5.13 Å². The van der Waals surface area contributed by atoms with Crippen LogP contribution >= 0.6 is 11.3 Å². The fraction of sp³-hybridized carbons (Fsp3) is 0.0769. The summed E-state index contributed by atoms with van der Waals surface area (Å²) in [6.45, 7) is 0. The number of rotatable bonds is 2. The Morgan fingerprint density at radius 1 is 1.22 bits per heavy atom. The number of nitrogen functional groups attached to an aromatic ring is 1. The van der Waals surface area contributed by atoms with Crippen molar-refractivity contribution in [2.45, 2.75) is 6.10 Å². The molecule has 1 unspecified atom stereocenters. The average molecular weight is 257 g/mol. The van der Waals surface area contributed by atoms with Crippen LogP contribution < -0.4 is 5.73 Å². The smallest absolute Gasteiger partial charge is 0.180 e. The zero-order chi connectivity index (χ0) is 12.5. The number of aromatic nitrogens is 2. The fourth-order valence-electron chi connectivity index (χ4n) is 1.86. The number of hydrogen-bond acceptors (Lipinski definition) is 5. The van der Waals surface area contributed by atoms with E-state index in [1.807, 2.05) is 30.3 Å². The quantitative estimate of drug-likeness (QED) is 0.739. The van der Waals surface area contributed by atoms with Gasteiger partial charge in [-0.1, -0.05) is 23.5 Å². The van der Waals surface area contributed by atoms with Crippen molar-refractivity contribution < 1.29 is 5.11 Å². The highest BCUT2D eigenvalue weighted by Crippen LogP contribution is 2.29. The van der Waals surface area contributed by atoms with Crippen molar-refractivity contribution in [3.05, 3.63) is 53.2 Å². The summed E-state index contributed by atoms with van der Waals surface area (Å²) in [7, 11) is 0. The van der Waals surface area contributed by atoms with Crippen molar-refractivity contribution in [3.63, 3.8) is 0 Å². The number of hydrogen-bond donors (Lipinski definition) is 2. The molecule has 2 heterocycles. The van der Waals surface area contributed by atoms with Crippen LogP contribution in [-0.2, 0) is 0 Å². The minimum absolute atomic E-state index is 0.464. The van der Waals surface area contributed by atoms with Gasteiger partial charge in [-0.3, -0.25) is 4.98 Å². The van der Waals surface area contributed by atoms with Crippen LogP contribution in [0.5, 0.6) is 0 Å². The van der Waals surface area contributed by atoms with Crippen LogP contribution in [0, 0.1) is 0 Å². The number of thiazole rings is 1. The Bertz CT molecular complexity index is 695. The first-order chi connectivity index (χ1) is 8.74. The summed E-state index contributed by atoms with van der Waals surface area (Å²) in [6.07, 6.45) is 2.67. The van der Waals surface area contributed by atoms with Crippen LogP contribution in [0.2, 0.25) is 0 Å². The second kappa shape index (κ2) is 4.36. The summed E-state index contributed by atoms with van der Waals surface area (Å²) in [5.41, 5.74) is 7.30. The number of nitrogens with two attached hydrogens (primary N) is 1. The Labute approximate surface area is 108 Å². The summed E-state index contributed by atoms with van der Waals surface area (Å²) in [4.78, 5) is 8.94. The van der Waals surface area contributed by atoms with Gasteiger partial charge in [-0.25, -0.2) is 4.98 Å². The van der Waals surface area contributed by atoms with Crippen molar-refractivity contribution in [2.75, 3.05) is 5.73 Å². The second-order valence-corrected chi connectivity index (χ2v) is 5.05. The van der Waals surface area contributed by atoms with Gasteiger partial charge in [-0.15, -0.1) is 0 Å². The van der Waals surface area contributed by atoms with Gasteiger partial charge in [0.1, 0.15) is 6.10 Å². The number of benzene rings is 1. The van der Waals surface area contributed by atoms with Crippen molar-refractivity contribution >= 4 is 27.4 Å². The zero-order valence-electron chi connectivity index (χ0n) is 9.45. The van der Waals surface area contributed by atoms with Gasteiger partial charge in [-0.05, 0) is 23.8 Å². The maximum Gasteiger partial charge on any atom is 0.180 e. The van der Waals surface area contributed by atoms with Crippen LogP contribution in [0.15, 0.2) is 42.7 Å². The van der Waals surface area contributed by atoms with E-state index in [-0.39, 0.29) is 0 Å². The van der Waals surface area contributed by atoms with E-state index in [0.29, 0.717) is 5.13 Å². The summed E-state index contributed by atoms with van der Waals surface area (Å²) >= 11 is 1.30. The molecule has 0 spiro atoms. The summed E-state index contributed by atoms with van der Waals surface area (Å²) in [5.74, 6) is 0. The van der Waals surface area contributed by atoms with E-state index in [0.717, 1.165) is 21.3 Å². The number of aliphatic hydroxyl groups excluding tert-OH is 1. The van der Waals surface area contributed by atoms with Crippen LogP contribution in [0.4, 0.5) is 5.13 Å². The highest BCUT2D eigenvalue weighted by atomic mass is 32.1. The topological polar surface area (TPSA) is 72.0 Å². The first-order valence-corrected chi connectivity index (χ1v) is 6.29. The lowest BCUT2D eigenvalue weighted by Gasteiger charge is -2.09. The van der Waals surface area contributed by atoms with E-state index in [9.17, 15) is 5.11 Å². The molecule has 3 aromatic rings. The molecule has 2 aromatic heterocycles. The standard InChI is InChI=1S/C13H11N3OS/c14-13-16-7-11(18-13)12(17)9-3-4-10-8(6-9)2-1-5-15-10/h1-7,12,17H,(H2,14,16). The van der Waals surface area contributed by atoms with E-state index in [4.69, 9.17) is 5.73 Å². The molecule has 1 aromatic carbocycles. The Kier molecular flexibility index (Phi) is 2.70. The van der Waals surface area contributed by atoms with Gasteiger partial charge in [-0.2, -0.15) is 0 Å². The summed E-state index contributed by atoms with van der Waals surface area (Å²) in [6, 6.07) is 9.56. The summed E-state index contributed by atoms with van der Waals surface area (Å²) in [5, 5.41) is 11.7. The lowest BCUT2D eigenvalue weighted by atomic mass is 10.1. The first kappa shape index (κ1) is 11.1. The zero-order valence-corrected chi connectivity index (χ0v) is 10.3. The molecule has 5 heteroatoms.